The zero-order chi connectivity index (χ0) is 12.5. The van der Waals surface area contributed by atoms with E-state index in [9.17, 15) is 5.11 Å². The first-order chi connectivity index (χ1) is 8.74. The summed E-state index contributed by atoms with van der Waals surface area (Å²) in [6.45, 7) is 3.85. The van der Waals surface area contributed by atoms with Crippen LogP contribution in [0.5, 0.6) is 0 Å². The van der Waals surface area contributed by atoms with Crippen molar-refractivity contribution in [2.24, 2.45) is 0 Å². The largest absolute Gasteiger partial charge is 0.391 e. The number of rotatable bonds is 1. The molecular formula is C15H18N2O. The van der Waals surface area contributed by atoms with E-state index < -0.39 is 0 Å². The summed E-state index contributed by atoms with van der Waals surface area (Å²) < 4.78 is 0. The van der Waals surface area contributed by atoms with Crippen LogP contribution in [0.3, 0.4) is 0 Å². The molecule has 1 saturated heterocycles. The van der Waals surface area contributed by atoms with Gasteiger partial charge in [-0.3, -0.25) is 4.98 Å². The molecule has 0 saturated carbocycles. The highest BCUT2D eigenvalue weighted by Crippen LogP contribution is 2.28. The van der Waals surface area contributed by atoms with E-state index in [-0.39, 0.29) is 6.10 Å². The Kier molecular flexibility index (Phi) is 2.92. The molecule has 0 radical (unpaired) electrons. The van der Waals surface area contributed by atoms with E-state index in [1.54, 1.807) is 0 Å². The van der Waals surface area contributed by atoms with Gasteiger partial charge in [-0.05, 0) is 38.0 Å². The van der Waals surface area contributed by atoms with E-state index in [0.29, 0.717) is 0 Å². The van der Waals surface area contributed by atoms with Gasteiger partial charge in [-0.15, -0.1) is 0 Å². The van der Waals surface area contributed by atoms with Gasteiger partial charge in [0.15, 0.2) is 0 Å². The van der Waals surface area contributed by atoms with Crippen molar-refractivity contribution < 1.29 is 5.11 Å². The third kappa shape index (κ3) is 2.06. The molecule has 1 aromatic carbocycles. The van der Waals surface area contributed by atoms with Gasteiger partial charge in [0.1, 0.15) is 0 Å². The zero-order valence-electron chi connectivity index (χ0n) is 10.6. The smallest absolute Gasteiger partial charge is 0.0722 e. The lowest BCUT2D eigenvalue weighted by atomic mass is 10.1. The van der Waals surface area contributed by atoms with Crippen molar-refractivity contribution >= 4 is 16.6 Å². The molecule has 2 aromatic rings. The molecule has 1 aliphatic heterocycles. The van der Waals surface area contributed by atoms with E-state index in [1.807, 2.05) is 6.20 Å². The number of β-amino-alcohol motifs (C(OH)–C–C–N with tert-alkyl or cyclic N) is 1. The van der Waals surface area contributed by atoms with Crippen molar-refractivity contribution in [3.63, 3.8) is 0 Å². The SMILES string of the molecule is Cc1ccc2nccc(N3CCCC(O)C3)c2c1. The van der Waals surface area contributed by atoms with Gasteiger partial charge in [0, 0.05) is 30.4 Å². The second kappa shape index (κ2) is 4.58. The molecule has 1 N–H and O–H groups in total. The lowest BCUT2D eigenvalue weighted by Gasteiger charge is -2.32. The fraction of sp³-hybridized carbons (Fsp3) is 0.400. The van der Waals surface area contributed by atoms with Crippen molar-refractivity contribution in [2.45, 2.75) is 25.9 Å². The van der Waals surface area contributed by atoms with E-state index in [4.69, 9.17) is 0 Å². The zero-order valence-corrected chi connectivity index (χ0v) is 10.6. The Morgan fingerprint density at radius 2 is 2.22 bits per heavy atom. The average Bonchev–Trinajstić information content (AvgIpc) is 2.38. The molecule has 0 spiro atoms. The number of aryl methyl sites for hydroxylation is 1. The Bertz CT molecular complexity index is 567. The molecule has 0 bridgehead atoms. The Morgan fingerprint density at radius 1 is 1.33 bits per heavy atom. The van der Waals surface area contributed by atoms with Crippen LogP contribution in [0.4, 0.5) is 5.69 Å². The lowest BCUT2D eigenvalue weighted by molar-refractivity contribution is 0.154. The van der Waals surface area contributed by atoms with Gasteiger partial charge in [0.05, 0.1) is 11.6 Å². The van der Waals surface area contributed by atoms with Crippen LogP contribution >= 0.6 is 0 Å². The van der Waals surface area contributed by atoms with Crippen molar-refractivity contribution in [2.75, 3.05) is 18.0 Å². The van der Waals surface area contributed by atoms with Crippen LogP contribution in [-0.4, -0.2) is 29.3 Å². The number of hydrogen-bond donors (Lipinski definition) is 1. The van der Waals surface area contributed by atoms with Crippen LogP contribution in [0.15, 0.2) is 30.5 Å². The quantitative estimate of drug-likeness (QED) is 0.834. The first kappa shape index (κ1) is 11.5. The minimum atomic E-state index is -0.202. The summed E-state index contributed by atoms with van der Waals surface area (Å²) >= 11 is 0. The maximum absolute atomic E-state index is 9.81. The monoisotopic (exact) mass is 242 g/mol. The number of pyridine rings is 1. The molecule has 3 heteroatoms. The predicted octanol–water partition coefficient (Wildman–Crippen LogP) is 2.50. The molecular weight excluding hydrogens is 224 g/mol. The fourth-order valence-electron chi connectivity index (χ4n) is 2.69. The second-order valence-corrected chi connectivity index (χ2v) is 5.09. The van der Waals surface area contributed by atoms with Crippen molar-refractivity contribution in [1.82, 2.24) is 4.98 Å². The summed E-state index contributed by atoms with van der Waals surface area (Å²) in [6.07, 6.45) is 3.62. The molecule has 2 heterocycles. The number of aliphatic hydroxyl groups excluding tert-OH is 1. The van der Waals surface area contributed by atoms with Gasteiger partial charge < -0.3 is 10.0 Å². The average molecular weight is 242 g/mol. The second-order valence-electron chi connectivity index (χ2n) is 5.09. The third-order valence-corrected chi connectivity index (χ3v) is 3.61. The van der Waals surface area contributed by atoms with E-state index in [0.717, 1.165) is 31.4 Å². The molecule has 3 nitrogen and oxygen atoms in total. The molecule has 3 rings (SSSR count). The number of aromatic nitrogens is 1. The predicted molar refractivity (Wildman–Crippen MR) is 73.9 cm³/mol. The minimum Gasteiger partial charge on any atom is -0.391 e. The molecule has 0 aliphatic carbocycles. The number of piperidine rings is 1. The molecule has 1 aromatic heterocycles. The number of hydrogen-bond acceptors (Lipinski definition) is 3. The number of aliphatic hydroxyl groups is 1. The molecule has 1 fully saturated rings. The van der Waals surface area contributed by atoms with Crippen LogP contribution in [-0.2, 0) is 0 Å². The van der Waals surface area contributed by atoms with Crippen molar-refractivity contribution in [3.8, 4) is 0 Å². The minimum absolute atomic E-state index is 0.202. The number of anilines is 1. The maximum atomic E-state index is 9.81. The number of benzene rings is 1. The Labute approximate surface area is 107 Å². The summed E-state index contributed by atoms with van der Waals surface area (Å²) in [5.74, 6) is 0. The first-order valence-electron chi connectivity index (χ1n) is 6.52. The molecule has 94 valence electrons. The highest BCUT2D eigenvalue weighted by atomic mass is 16.3. The summed E-state index contributed by atoms with van der Waals surface area (Å²) in [5, 5.41) is 11.0. The Balaban J connectivity index is 2.07. The van der Waals surface area contributed by atoms with Crippen LogP contribution in [0, 0.1) is 6.92 Å². The van der Waals surface area contributed by atoms with E-state index in [1.165, 1.54) is 16.6 Å². The number of fused-ring (bicyclic) bond motifs is 1. The van der Waals surface area contributed by atoms with Gasteiger partial charge >= 0.3 is 0 Å². The van der Waals surface area contributed by atoms with Gasteiger partial charge in [-0.2, -0.15) is 0 Å². The highest BCUT2D eigenvalue weighted by molar-refractivity contribution is 5.92. The molecule has 18 heavy (non-hydrogen) atoms. The molecule has 1 unspecified atom stereocenters. The third-order valence-electron chi connectivity index (χ3n) is 3.61. The standard InChI is InChI=1S/C15H18N2O/c1-11-4-5-14-13(9-11)15(6-7-16-14)17-8-2-3-12(18)10-17/h4-7,9,12,18H,2-3,8,10H2,1H3. The molecule has 1 aliphatic rings. The summed E-state index contributed by atoms with van der Waals surface area (Å²) in [7, 11) is 0. The Morgan fingerprint density at radius 3 is 3.06 bits per heavy atom. The van der Waals surface area contributed by atoms with E-state index >= 15 is 0 Å². The first-order valence-corrected chi connectivity index (χ1v) is 6.52. The van der Waals surface area contributed by atoms with Gasteiger partial charge in [0.25, 0.3) is 0 Å². The van der Waals surface area contributed by atoms with Crippen LogP contribution in [0.1, 0.15) is 18.4 Å². The number of nitrogens with zero attached hydrogens (tertiary/aromatic N) is 2. The van der Waals surface area contributed by atoms with Crippen molar-refractivity contribution in [1.29, 1.82) is 0 Å². The summed E-state index contributed by atoms with van der Waals surface area (Å²) in [4.78, 5) is 6.68. The highest BCUT2D eigenvalue weighted by Gasteiger charge is 2.19. The van der Waals surface area contributed by atoms with Gasteiger partial charge in [-0.25, -0.2) is 0 Å². The Hall–Kier alpha value is -1.61. The summed E-state index contributed by atoms with van der Waals surface area (Å²) in [5.41, 5.74) is 3.47. The molecule has 1 atom stereocenters. The fourth-order valence-corrected chi connectivity index (χ4v) is 2.69. The van der Waals surface area contributed by atoms with Crippen LogP contribution in [0.2, 0.25) is 0 Å². The van der Waals surface area contributed by atoms with Gasteiger partial charge in [-0.1, -0.05) is 11.6 Å². The lowest BCUT2D eigenvalue weighted by Crippen LogP contribution is -2.38. The topological polar surface area (TPSA) is 36.4 Å². The summed E-state index contributed by atoms with van der Waals surface area (Å²) in [6, 6.07) is 8.39. The molecule has 0 amide bonds. The van der Waals surface area contributed by atoms with E-state index in [2.05, 4.69) is 41.1 Å². The maximum Gasteiger partial charge on any atom is 0.0722 e. The van der Waals surface area contributed by atoms with Gasteiger partial charge in [0.2, 0.25) is 0 Å². The van der Waals surface area contributed by atoms with Crippen molar-refractivity contribution in [3.05, 3.63) is 36.0 Å². The normalized spacial score (nSPS) is 20.3. The van der Waals surface area contributed by atoms with Crippen LogP contribution in [0.25, 0.3) is 10.9 Å². The van der Waals surface area contributed by atoms with Crippen LogP contribution < -0.4 is 4.90 Å².